The Balaban J connectivity index is 2.19. The SMILES string of the molecule is CCN1CCC(C(C)NCC(O)CC(C)C)CC1. The van der Waals surface area contributed by atoms with Crippen LogP contribution in [0.5, 0.6) is 0 Å². The molecule has 0 amide bonds. The third kappa shape index (κ3) is 5.68. The summed E-state index contributed by atoms with van der Waals surface area (Å²) in [7, 11) is 0. The number of piperidine rings is 1. The van der Waals surface area contributed by atoms with Gasteiger partial charge in [-0.25, -0.2) is 0 Å². The number of nitrogens with one attached hydrogen (secondary N) is 1. The lowest BCUT2D eigenvalue weighted by Gasteiger charge is -2.35. The van der Waals surface area contributed by atoms with E-state index in [1.807, 2.05) is 0 Å². The van der Waals surface area contributed by atoms with E-state index >= 15 is 0 Å². The highest BCUT2D eigenvalue weighted by molar-refractivity contribution is 4.80. The van der Waals surface area contributed by atoms with E-state index in [1.54, 1.807) is 0 Å². The van der Waals surface area contributed by atoms with Gasteiger partial charge in [-0.3, -0.25) is 0 Å². The van der Waals surface area contributed by atoms with E-state index in [-0.39, 0.29) is 6.10 Å². The first kappa shape index (κ1) is 15.9. The molecule has 1 aliphatic heterocycles. The van der Waals surface area contributed by atoms with Gasteiger partial charge in [-0.05, 0) is 57.7 Å². The Labute approximate surface area is 113 Å². The molecule has 0 saturated carbocycles. The number of nitrogens with zero attached hydrogens (tertiary/aromatic N) is 1. The molecule has 2 unspecified atom stereocenters. The van der Waals surface area contributed by atoms with Gasteiger partial charge in [-0.1, -0.05) is 20.8 Å². The van der Waals surface area contributed by atoms with Crippen LogP contribution in [0, 0.1) is 11.8 Å². The first-order valence-corrected chi connectivity index (χ1v) is 7.66. The summed E-state index contributed by atoms with van der Waals surface area (Å²) in [6, 6.07) is 0.533. The smallest absolute Gasteiger partial charge is 0.0667 e. The van der Waals surface area contributed by atoms with Gasteiger partial charge < -0.3 is 15.3 Å². The third-order valence-electron chi connectivity index (χ3n) is 4.21. The molecule has 0 bridgehead atoms. The monoisotopic (exact) mass is 256 g/mol. The van der Waals surface area contributed by atoms with Gasteiger partial charge >= 0.3 is 0 Å². The molecule has 0 aromatic heterocycles. The Morgan fingerprint density at radius 2 is 1.83 bits per heavy atom. The number of hydrogen-bond donors (Lipinski definition) is 2. The van der Waals surface area contributed by atoms with Gasteiger partial charge in [-0.15, -0.1) is 0 Å². The van der Waals surface area contributed by atoms with Crippen molar-refractivity contribution in [3.8, 4) is 0 Å². The summed E-state index contributed by atoms with van der Waals surface area (Å²) in [5, 5.41) is 13.4. The van der Waals surface area contributed by atoms with Crippen LogP contribution in [-0.2, 0) is 0 Å². The van der Waals surface area contributed by atoms with Gasteiger partial charge in [0.15, 0.2) is 0 Å². The van der Waals surface area contributed by atoms with Crippen molar-refractivity contribution in [2.45, 2.75) is 59.1 Å². The van der Waals surface area contributed by atoms with E-state index in [2.05, 4.69) is 37.9 Å². The highest BCUT2D eigenvalue weighted by Gasteiger charge is 2.23. The second-order valence-electron chi connectivity index (χ2n) is 6.25. The molecule has 1 heterocycles. The fourth-order valence-electron chi connectivity index (χ4n) is 2.89. The van der Waals surface area contributed by atoms with E-state index in [1.165, 1.54) is 32.5 Å². The Morgan fingerprint density at radius 3 is 2.33 bits per heavy atom. The van der Waals surface area contributed by atoms with E-state index in [0.29, 0.717) is 12.0 Å². The van der Waals surface area contributed by atoms with Crippen LogP contribution in [0.25, 0.3) is 0 Å². The van der Waals surface area contributed by atoms with Gasteiger partial charge in [0, 0.05) is 12.6 Å². The van der Waals surface area contributed by atoms with Crippen LogP contribution in [0.2, 0.25) is 0 Å². The van der Waals surface area contributed by atoms with Crippen LogP contribution < -0.4 is 5.32 Å². The third-order valence-corrected chi connectivity index (χ3v) is 4.21. The van der Waals surface area contributed by atoms with Gasteiger partial charge in [0.05, 0.1) is 6.10 Å². The minimum absolute atomic E-state index is 0.191. The predicted octanol–water partition coefficient (Wildman–Crippen LogP) is 2.10. The molecular weight excluding hydrogens is 224 g/mol. The standard InChI is InChI=1S/C15H32N2O/c1-5-17-8-6-14(7-9-17)13(4)16-11-15(18)10-12(2)3/h12-16,18H,5-11H2,1-4H3. The molecule has 0 spiro atoms. The lowest BCUT2D eigenvalue weighted by Crippen LogP contribution is -2.44. The maximum Gasteiger partial charge on any atom is 0.0667 e. The van der Waals surface area contributed by atoms with Crippen molar-refractivity contribution in [2.24, 2.45) is 11.8 Å². The number of aliphatic hydroxyl groups is 1. The normalized spacial score (nSPS) is 22.3. The Kier molecular flexibility index (Phi) is 7.20. The van der Waals surface area contributed by atoms with E-state index < -0.39 is 0 Å². The van der Waals surface area contributed by atoms with Gasteiger partial charge in [-0.2, -0.15) is 0 Å². The van der Waals surface area contributed by atoms with E-state index in [4.69, 9.17) is 0 Å². The fraction of sp³-hybridized carbons (Fsp3) is 1.00. The highest BCUT2D eigenvalue weighted by Crippen LogP contribution is 2.20. The molecule has 2 atom stereocenters. The molecular formula is C15H32N2O. The van der Waals surface area contributed by atoms with Crippen molar-refractivity contribution in [2.75, 3.05) is 26.2 Å². The topological polar surface area (TPSA) is 35.5 Å². The van der Waals surface area contributed by atoms with Gasteiger partial charge in [0.2, 0.25) is 0 Å². The van der Waals surface area contributed by atoms with E-state index in [0.717, 1.165) is 18.9 Å². The summed E-state index contributed by atoms with van der Waals surface area (Å²) in [6.45, 7) is 13.2. The lowest BCUT2D eigenvalue weighted by atomic mass is 9.90. The molecule has 0 radical (unpaired) electrons. The van der Waals surface area contributed by atoms with E-state index in [9.17, 15) is 5.11 Å². The quantitative estimate of drug-likeness (QED) is 0.732. The summed E-state index contributed by atoms with van der Waals surface area (Å²) in [5.41, 5.74) is 0. The highest BCUT2D eigenvalue weighted by atomic mass is 16.3. The van der Waals surface area contributed by atoms with Crippen LogP contribution in [0.3, 0.4) is 0 Å². The zero-order valence-electron chi connectivity index (χ0n) is 12.7. The summed E-state index contributed by atoms with van der Waals surface area (Å²) < 4.78 is 0. The van der Waals surface area contributed by atoms with Crippen molar-refractivity contribution in [1.29, 1.82) is 0 Å². The van der Waals surface area contributed by atoms with Crippen molar-refractivity contribution in [3.63, 3.8) is 0 Å². The van der Waals surface area contributed by atoms with Gasteiger partial charge in [0.1, 0.15) is 0 Å². The maximum absolute atomic E-state index is 9.88. The van der Waals surface area contributed by atoms with Crippen LogP contribution >= 0.6 is 0 Å². The van der Waals surface area contributed by atoms with Crippen LogP contribution in [0.15, 0.2) is 0 Å². The summed E-state index contributed by atoms with van der Waals surface area (Å²) in [6.07, 6.45) is 3.29. The second-order valence-corrected chi connectivity index (χ2v) is 6.25. The predicted molar refractivity (Wildman–Crippen MR) is 77.8 cm³/mol. The van der Waals surface area contributed by atoms with Crippen molar-refractivity contribution >= 4 is 0 Å². The molecule has 0 aliphatic carbocycles. The Hall–Kier alpha value is -0.120. The summed E-state index contributed by atoms with van der Waals surface area (Å²) in [4.78, 5) is 2.52. The molecule has 2 N–H and O–H groups in total. The number of aliphatic hydroxyl groups excluding tert-OH is 1. The van der Waals surface area contributed by atoms with Gasteiger partial charge in [0.25, 0.3) is 0 Å². The molecule has 1 fully saturated rings. The molecule has 1 aliphatic rings. The van der Waals surface area contributed by atoms with Crippen LogP contribution in [0.1, 0.15) is 47.0 Å². The minimum atomic E-state index is -0.191. The second kappa shape index (κ2) is 8.13. The summed E-state index contributed by atoms with van der Waals surface area (Å²) in [5.74, 6) is 1.35. The first-order valence-electron chi connectivity index (χ1n) is 7.66. The molecule has 108 valence electrons. The van der Waals surface area contributed by atoms with Crippen molar-refractivity contribution < 1.29 is 5.11 Å². The van der Waals surface area contributed by atoms with Crippen LogP contribution in [0.4, 0.5) is 0 Å². The zero-order chi connectivity index (χ0) is 13.5. The molecule has 0 aromatic carbocycles. The Bertz CT molecular complexity index is 213. The number of likely N-dealkylation sites (tertiary alicyclic amines) is 1. The number of hydrogen-bond acceptors (Lipinski definition) is 3. The molecule has 1 saturated heterocycles. The van der Waals surface area contributed by atoms with Crippen LogP contribution in [-0.4, -0.2) is 48.3 Å². The number of rotatable bonds is 7. The first-order chi connectivity index (χ1) is 8.52. The Morgan fingerprint density at radius 1 is 1.22 bits per heavy atom. The lowest BCUT2D eigenvalue weighted by molar-refractivity contribution is 0.127. The average Bonchev–Trinajstić information content (AvgIpc) is 2.35. The van der Waals surface area contributed by atoms with Crippen molar-refractivity contribution in [1.82, 2.24) is 10.2 Å². The fourth-order valence-corrected chi connectivity index (χ4v) is 2.89. The minimum Gasteiger partial charge on any atom is -0.392 e. The summed E-state index contributed by atoms with van der Waals surface area (Å²) >= 11 is 0. The molecule has 3 heteroatoms. The zero-order valence-corrected chi connectivity index (χ0v) is 12.7. The largest absolute Gasteiger partial charge is 0.392 e. The molecule has 18 heavy (non-hydrogen) atoms. The molecule has 1 rings (SSSR count). The molecule has 3 nitrogen and oxygen atoms in total. The maximum atomic E-state index is 9.88. The van der Waals surface area contributed by atoms with Crippen molar-refractivity contribution in [3.05, 3.63) is 0 Å². The molecule has 0 aromatic rings. The average molecular weight is 256 g/mol.